The number of phenols is 1. The molecule has 6 nitrogen and oxygen atoms in total. The summed E-state index contributed by atoms with van der Waals surface area (Å²) in [5.41, 5.74) is 2.61. The fourth-order valence-electron chi connectivity index (χ4n) is 3.21. The summed E-state index contributed by atoms with van der Waals surface area (Å²) in [6.07, 6.45) is 0. The van der Waals surface area contributed by atoms with Gasteiger partial charge in [0.25, 0.3) is 0 Å². The molecule has 0 radical (unpaired) electrons. The van der Waals surface area contributed by atoms with Crippen LogP contribution in [0.1, 0.15) is 0 Å². The second-order valence-electron chi connectivity index (χ2n) is 6.97. The van der Waals surface area contributed by atoms with Crippen LogP contribution in [0, 0.1) is 0 Å². The number of furan rings is 1. The molecule has 0 spiro atoms. The van der Waals surface area contributed by atoms with E-state index in [1.807, 2.05) is 60.7 Å². The molecular formula is C24H16N2O4S2. The van der Waals surface area contributed by atoms with Crippen molar-refractivity contribution in [3.63, 3.8) is 0 Å². The fraction of sp³-hybridized carbons (Fsp3) is 0. The Morgan fingerprint density at radius 3 is 2.22 bits per heavy atom. The van der Waals surface area contributed by atoms with Crippen LogP contribution in [0.3, 0.4) is 0 Å². The van der Waals surface area contributed by atoms with Gasteiger partial charge in [-0.1, -0.05) is 48.5 Å². The maximum absolute atomic E-state index is 12.9. The number of rotatable bonds is 5. The summed E-state index contributed by atoms with van der Waals surface area (Å²) in [6.45, 7) is 0. The van der Waals surface area contributed by atoms with E-state index in [4.69, 9.17) is 4.42 Å². The van der Waals surface area contributed by atoms with Gasteiger partial charge in [-0.15, -0.1) is 0 Å². The molecule has 5 rings (SSSR count). The normalized spacial score (nSPS) is 11.6. The Morgan fingerprint density at radius 2 is 1.47 bits per heavy atom. The Kier molecular flexibility index (Phi) is 5.16. The standard InChI is InChI=1S/C24H16N2O4S2/c27-18-10-12-19(13-11-18)32(28,29)31-24-25-20(16-6-2-1-3-7-16)15-21(26-24)23-14-17-8-4-5-9-22(17)30-23/h1-15,27H. The number of aromatic nitrogens is 2. The van der Waals surface area contributed by atoms with Crippen molar-refractivity contribution in [2.45, 2.75) is 10.1 Å². The van der Waals surface area contributed by atoms with Gasteiger partial charge in [0.1, 0.15) is 17.0 Å². The van der Waals surface area contributed by atoms with Crippen LogP contribution in [0.5, 0.6) is 5.75 Å². The van der Waals surface area contributed by atoms with Crippen LogP contribution >= 0.6 is 10.8 Å². The number of nitrogens with zero attached hydrogens (tertiary/aromatic N) is 2. The molecule has 0 amide bonds. The molecule has 5 aromatic rings. The molecule has 2 aromatic heterocycles. The summed E-state index contributed by atoms with van der Waals surface area (Å²) >= 11 is 0. The largest absolute Gasteiger partial charge is 0.508 e. The SMILES string of the molecule is O=S(=O)(Sc1nc(-c2ccccc2)cc(-c2cc3ccccc3o2)n1)c1ccc(O)cc1. The van der Waals surface area contributed by atoms with E-state index >= 15 is 0 Å². The van der Waals surface area contributed by atoms with Crippen molar-refractivity contribution >= 4 is 30.6 Å². The lowest BCUT2D eigenvalue weighted by atomic mass is 10.1. The maximum atomic E-state index is 12.9. The Labute approximate surface area is 187 Å². The average Bonchev–Trinajstić information content (AvgIpc) is 3.24. The van der Waals surface area contributed by atoms with Gasteiger partial charge in [0, 0.05) is 10.9 Å². The van der Waals surface area contributed by atoms with Crippen LogP contribution in [0.2, 0.25) is 0 Å². The molecule has 158 valence electrons. The van der Waals surface area contributed by atoms with Crippen molar-refractivity contribution in [2.24, 2.45) is 0 Å². The van der Waals surface area contributed by atoms with Gasteiger partial charge in [0.15, 0.2) is 5.76 Å². The van der Waals surface area contributed by atoms with E-state index in [1.165, 1.54) is 24.3 Å². The lowest BCUT2D eigenvalue weighted by Crippen LogP contribution is -1.99. The Morgan fingerprint density at radius 1 is 0.781 bits per heavy atom. The minimum atomic E-state index is -3.80. The van der Waals surface area contributed by atoms with Gasteiger partial charge < -0.3 is 9.52 Å². The summed E-state index contributed by atoms with van der Waals surface area (Å²) < 4.78 is 31.8. The van der Waals surface area contributed by atoms with E-state index in [0.717, 1.165) is 10.9 Å². The molecular weight excluding hydrogens is 444 g/mol. The van der Waals surface area contributed by atoms with Gasteiger partial charge >= 0.3 is 0 Å². The highest BCUT2D eigenvalue weighted by Crippen LogP contribution is 2.34. The monoisotopic (exact) mass is 460 g/mol. The summed E-state index contributed by atoms with van der Waals surface area (Å²) in [6, 6.07) is 26.1. The van der Waals surface area contributed by atoms with Crippen LogP contribution in [0.25, 0.3) is 33.7 Å². The summed E-state index contributed by atoms with van der Waals surface area (Å²) in [5.74, 6) is 0.512. The summed E-state index contributed by atoms with van der Waals surface area (Å²) in [4.78, 5) is 9.03. The van der Waals surface area contributed by atoms with Gasteiger partial charge in [0.2, 0.25) is 14.0 Å². The highest BCUT2D eigenvalue weighted by atomic mass is 33.1. The van der Waals surface area contributed by atoms with E-state index in [-0.39, 0.29) is 15.8 Å². The van der Waals surface area contributed by atoms with Gasteiger partial charge in [-0.25, -0.2) is 18.4 Å². The van der Waals surface area contributed by atoms with Crippen LogP contribution < -0.4 is 0 Å². The van der Waals surface area contributed by atoms with Gasteiger partial charge in [-0.2, -0.15) is 0 Å². The molecule has 0 saturated carbocycles. The van der Waals surface area contributed by atoms with E-state index in [2.05, 4.69) is 9.97 Å². The van der Waals surface area contributed by atoms with Crippen molar-refractivity contribution in [1.29, 1.82) is 0 Å². The molecule has 0 bridgehead atoms. The zero-order valence-electron chi connectivity index (χ0n) is 16.5. The fourth-order valence-corrected chi connectivity index (χ4v) is 5.68. The number of fused-ring (bicyclic) bond motifs is 1. The first-order chi connectivity index (χ1) is 15.5. The zero-order valence-corrected chi connectivity index (χ0v) is 18.2. The van der Waals surface area contributed by atoms with E-state index in [1.54, 1.807) is 6.07 Å². The molecule has 8 heteroatoms. The first kappa shape index (κ1) is 20.3. The van der Waals surface area contributed by atoms with Gasteiger partial charge in [-0.3, -0.25) is 0 Å². The maximum Gasteiger partial charge on any atom is 0.237 e. The molecule has 0 atom stereocenters. The molecule has 0 aliphatic rings. The van der Waals surface area contributed by atoms with Crippen molar-refractivity contribution in [2.75, 3.05) is 0 Å². The number of phenolic OH excluding ortho intramolecular Hbond substituents is 1. The van der Waals surface area contributed by atoms with E-state index < -0.39 is 8.87 Å². The van der Waals surface area contributed by atoms with E-state index in [9.17, 15) is 13.5 Å². The third kappa shape index (κ3) is 4.10. The molecule has 1 N–H and O–H groups in total. The molecule has 0 aliphatic heterocycles. The minimum absolute atomic E-state index is 0.0107. The van der Waals surface area contributed by atoms with Crippen molar-refractivity contribution in [3.8, 4) is 28.5 Å². The Hall–Kier alpha value is -3.62. The minimum Gasteiger partial charge on any atom is -0.508 e. The summed E-state index contributed by atoms with van der Waals surface area (Å²) in [5, 5.41) is 10.5. The van der Waals surface area contributed by atoms with Crippen molar-refractivity contribution in [1.82, 2.24) is 9.97 Å². The predicted octanol–water partition coefficient (Wildman–Crippen LogP) is 5.74. The van der Waals surface area contributed by atoms with Crippen LogP contribution in [0.15, 0.2) is 105 Å². The average molecular weight is 461 g/mol. The third-order valence-electron chi connectivity index (χ3n) is 4.76. The van der Waals surface area contributed by atoms with Crippen molar-refractivity contribution < 1.29 is 17.9 Å². The van der Waals surface area contributed by atoms with Crippen LogP contribution in [-0.2, 0) is 8.87 Å². The number of aromatic hydroxyl groups is 1. The van der Waals surface area contributed by atoms with Crippen LogP contribution in [0.4, 0.5) is 0 Å². The van der Waals surface area contributed by atoms with Gasteiger partial charge in [0.05, 0.1) is 21.4 Å². The lowest BCUT2D eigenvalue weighted by molar-refractivity contribution is 0.475. The Balaban J connectivity index is 1.61. The first-order valence-corrected chi connectivity index (χ1v) is 12.5. The second kappa shape index (κ2) is 8.14. The lowest BCUT2D eigenvalue weighted by Gasteiger charge is -2.08. The number of hydrogen-bond acceptors (Lipinski definition) is 7. The second-order valence-corrected chi connectivity index (χ2v) is 10.7. The topological polar surface area (TPSA) is 93.3 Å². The summed E-state index contributed by atoms with van der Waals surface area (Å²) in [7, 11) is -3.25. The molecule has 3 aromatic carbocycles. The van der Waals surface area contributed by atoms with Crippen molar-refractivity contribution in [3.05, 3.63) is 91.0 Å². The number of para-hydroxylation sites is 1. The molecule has 0 unspecified atom stereocenters. The molecule has 0 fully saturated rings. The molecule has 32 heavy (non-hydrogen) atoms. The molecule has 2 heterocycles. The predicted molar refractivity (Wildman–Crippen MR) is 124 cm³/mol. The number of hydrogen-bond donors (Lipinski definition) is 1. The van der Waals surface area contributed by atoms with Gasteiger partial charge in [-0.05, 0) is 42.5 Å². The first-order valence-electron chi connectivity index (χ1n) is 9.65. The van der Waals surface area contributed by atoms with Crippen LogP contribution in [-0.4, -0.2) is 23.5 Å². The molecule has 0 aliphatic carbocycles. The number of benzene rings is 3. The quantitative estimate of drug-likeness (QED) is 0.264. The third-order valence-corrected chi connectivity index (χ3v) is 7.85. The highest BCUT2D eigenvalue weighted by molar-refractivity contribution is 8.72. The highest BCUT2D eigenvalue weighted by Gasteiger charge is 2.21. The zero-order chi connectivity index (χ0) is 22.1. The van der Waals surface area contributed by atoms with E-state index in [0.29, 0.717) is 33.5 Å². The Bertz CT molecular complexity index is 1480. The smallest absolute Gasteiger partial charge is 0.237 e. The molecule has 0 saturated heterocycles.